The zero-order valence-electron chi connectivity index (χ0n) is 21.8. The van der Waals surface area contributed by atoms with Crippen LogP contribution in [0.1, 0.15) is 56.1 Å². The van der Waals surface area contributed by atoms with E-state index in [1.807, 2.05) is 13.0 Å². The summed E-state index contributed by atoms with van der Waals surface area (Å²) in [6.45, 7) is 12.5. The van der Waals surface area contributed by atoms with Crippen LogP contribution in [0.15, 0.2) is 42.9 Å². The molecule has 2 N–H and O–H groups in total. The number of hydrogen-bond acceptors (Lipinski definition) is 8. The van der Waals surface area contributed by atoms with E-state index >= 15 is 0 Å². The maximum absolute atomic E-state index is 12.7. The van der Waals surface area contributed by atoms with Crippen molar-refractivity contribution >= 4 is 34.1 Å². The van der Waals surface area contributed by atoms with Crippen LogP contribution in [-0.4, -0.2) is 57.0 Å². The first-order chi connectivity index (χ1) is 17.4. The average Bonchev–Trinajstić information content (AvgIpc) is 3.40. The fourth-order valence-electron chi connectivity index (χ4n) is 4.09. The predicted molar refractivity (Wildman–Crippen MR) is 141 cm³/mol. The lowest BCUT2D eigenvalue weighted by molar-refractivity contribution is 0.00908. The zero-order valence-corrected chi connectivity index (χ0v) is 23.8. The van der Waals surface area contributed by atoms with Crippen LogP contribution < -0.4 is 5.32 Å². The maximum Gasteiger partial charge on any atom is 0.317 e. The number of hydrogen-bond donors (Lipinski definition) is 2. The number of ether oxygens (including phenoxy) is 1. The molecule has 1 aliphatic rings. The number of carbonyl (C=O) groups is 1. The van der Waals surface area contributed by atoms with E-state index in [4.69, 9.17) is 13.7 Å². The smallest absolute Gasteiger partial charge is 0.317 e. The lowest BCUT2D eigenvalue weighted by atomic mass is 10.0. The Morgan fingerprint density at radius 1 is 1.22 bits per heavy atom. The van der Waals surface area contributed by atoms with Crippen molar-refractivity contribution < 1.29 is 27.9 Å². The van der Waals surface area contributed by atoms with Gasteiger partial charge in [-0.05, 0) is 36.7 Å². The SMILES string of the molecule is CC[C@H]1O[C@@H](c2cnn3c(NC(=O)c4ccccc4)ncnc23)[C@@H](O[Si](C)(C)C(C)(C)C)C1O[PH](=O)O. The van der Waals surface area contributed by atoms with Crippen LogP contribution in [0.5, 0.6) is 0 Å². The number of nitrogens with zero attached hydrogens (tertiary/aromatic N) is 4. The fraction of sp³-hybridized carbons (Fsp3) is 0.500. The molecule has 37 heavy (non-hydrogen) atoms. The second-order valence-electron chi connectivity index (χ2n) is 10.5. The molecule has 1 fully saturated rings. The molecule has 1 aromatic carbocycles. The summed E-state index contributed by atoms with van der Waals surface area (Å²) < 4.78 is 31.9. The molecule has 0 spiro atoms. The summed E-state index contributed by atoms with van der Waals surface area (Å²) in [4.78, 5) is 31.0. The first-order valence-electron chi connectivity index (χ1n) is 12.2. The van der Waals surface area contributed by atoms with Gasteiger partial charge in [0.1, 0.15) is 24.6 Å². The first-order valence-corrected chi connectivity index (χ1v) is 16.4. The van der Waals surface area contributed by atoms with Crippen molar-refractivity contribution in [2.24, 2.45) is 0 Å². The standard InChI is InChI=1S/C24H34N5O6PSi/c1-7-17-19(34-36(31)32)20(35-37(5,6)24(2,3)4)18(33-17)16-13-27-29-21(16)25-14-26-23(29)28-22(30)15-11-9-8-10-12-15/h8-14,17-20,36H,7H2,1-6H3,(H,31,32)(H,25,26,28,30)/t17-,18+,19?,20-/m1/s1. The van der Waals surface area contributed by atoms with E-state index in [0.717, 1.165) is 0 Å². The molecule has 1 aliphatic heterocycles. The highest BCUT2D eigenvalue weighted by Gasteiger charge is 2.52. The molecule has 2 aromatic heterocycles. The Balaban J connectivity index is 1.72. The van der Waals surface area contributed by atoms with Gasteiger partial charge >= 0.3 is 8.25 Å². The van der Waals surface area contributed by atoms with Gasteiger partial charge < -0.3 is 18.6 Å². The third kappa shape index (κ3) is 5.69. The molecule has 0 saturated carbocycles. The lowest BCUT2D eigenvalue weighted by Gasteiger charge is -2.40. The number of amides is 1. The Kier molecular flexibility index (Phi) is 7.98. The van der Waals surface area contributed by atoms with Crippen molar-refractivity contribution in [1.82, 2.24) is 19.6 Å². The Bertz CT molecular complexity index is 1280. The molecule has 0 bridgehead atoms. The predicted octanol–water partition coefficient (Wildman–Crippen LogP) is 4.38. The van der Waals surface area contributed by atoms with E-state index in [0.29, 0.717) is 23.2 Å². The third-order valence-corrected chi connectivity index (χ3v) is 12.0. The van der Waals surface area contributed by atoms with Crippen molar-refractivity contribution in [2.45, 2.75) is 76.7 Å². The van der Waals surface area contributed by atoms with Crippen LogP contribution in [0.2, 0.25) is 18.1 Å². The summed E-state index contributed by atoms with van der Waals surface area (Å²) in [5, 5.41) is 7.10. The van der Waals surface area contributed by atoms with Crippen LogP contribution in [0, 0.1) is 0 Å². The molecule has 3 heterocycles. The van der Waals surface area contributed by atoms with Crippen molar-refractivity contribution in [3.05, 3.63) is 54.0 Å². The quantitative estimate of drug-likeness (QED) is 0.311. The molecular weight excluding hydrogens is 513 g/mol. The summed E-state index contributed by atoms with van der Waals surface area (Å²) in [6, 6.07) is 8.79. The van der Waals surface area contributed by atoms with E-state index in [9.17, 15) is 14.3 Å². The number of carbonyl (C=O) groups excluding carboxylic acids is 1. The zero-order chi connectivity index (χ0) is 27.0. The summed E-state index contributed by atoms with van der Waals surface area (Å²) in [5.74, 6) is -0.133. The van der Waals surface area contributed by atoms with E-state index in [2.05, 4.69) is 54.2 Å². The Hall–Kier alpha value is -2.47. The number of anilines is 1. The molecule has 13 heteroatoms. The highest BCUT2D eigenvalue weighted by atomic mass is 31.1. The van der Waals surface area contributed by atoms with Gasteiger partial charge in [-0.3, -0.25) is 14.7 Å². The molecule has 2 unspecified atom stereocenters. The molecule has 0 aliphatic carbocycles. The Labute approximate surface area is 217 Å². The monoisotopic (exact) mass is 547 g/mol. The van der Waals surface area contributed by atoms with Crippen LogP contribution in [-0.2, 0) is 18.3 Å². The van der Waals surface area contributed by atoms with Crippen LogP contribution in [0.4, 0.5) is 5.95 Å². The Morgan fingerprint density at radius 2 is 1.92 bits per heavy atom. The average molecular weight is 548 g/mol. The first kappa shape index (κ1) is 27.6. The van der Waals surface area contributed by atoms with E-state index in [1.165, 1.54) is 10.8 Å². The maximum atomic E-state index is 12.7. The van der Waals surface area contributed by atoms with Crippen LogP contribution in [0.3, 0.4) is 0 Å². The number of rotatable bonds is 8. The lowest BCUT2D eigenvalue weighted by Crippen LogP contribution is -2.48. The van der Waals surface area contributed by atoms with Gasteiger partial charge in [-0.2, -0.15) is 9.61 Å². The minimum atomic E-state index is -3.25. The van der Waals surface area contributed by atoms with Crippen LogP contribution >= 0.6 is 8.25 Å². The molecule has 11 nitrogen and oxygen atoms in total. The minimum absolute atomic E-state index is 0.116. The largest absolute Gasteiger partial charge is 0.408 e. The third-order valence-electron chi connectivity index (χ3n) is 7.09. The highest BCUT2D eigenvalue weighted by Crippen LogP contribution is 2.46. The molecule has 0 radical (unpaired) electrons. The van der Waals surface area contributed by atoms with Gasteiger partial charge in [0.15, 0.2) is 14.0 Å². The summed E-state index contributed by atoms with van der Waals surface area (Å²) in [6.07, 6.45) is 0.987. The topological polar surface area (TPSA) is 137 Å². The second kappa shape index (κ2) is 10.7. The molecule has 3 aromatic rings. The number of benzene rings is 1. The van der Waals surface area contributed by atoms with E-state index in [1.54, 1.807) is 30.5 Å². The molecule has 200 valence electrons. The van der Waals surface area contributed by atoms with Gasteiger partial charge in [-0.15, -0.1) is 0 Å². The summed E-state index contributed by atoms with van der Waals surface area (Å²) in [7, 11) is -5.60. The van der Waals surface area contributed by atoms with Gasteiger partial charge in [-0.1, -0.05) is 45.9 Å². The van der Waals surface area contributed by atoms with Crippen molar-refractivity contribution in [1.29, 1.82) is 0 Å². The van der Waals surface area contributed by atoms with Gasteiger partial charge in [0.2, 0.25) is 5.95 Å². The van der Waals surface area contributed by atoms with E-state index < -0.39 is 41.0 Å². The number of aromatic nitrogens is 4. The van der Waals surface area contributed by atoms with Gasteiger partial charge in [0.05, 0.1) is 12.3 Å². The molecule has 5 atom stereocenters. The van der Waals surface area contributed by atoms with Gasteiger partial charge in [0, 0.05) is 11.1 Å². The second-order valence-corrected chi connectivity index (χ2v) is 16.1. The molecule has 4 rings (SSSR count). The number of fused-ring (bicyclic) bond motifs is 1. The van der Waals surface area contributed by atoms with Crippen molar-refractivity contribution in [3.8, 4) is 0 Å². The van der Waals surface area contributed by atoms with Gasteiger partial charge in [-0.25, -0.2) is 9.97 Å². The summed E-state index contributed by atoms with van der Waals surface area (Å²) in [5.41, 5.74) is 1.52. The minimum Gasteiger partial charge on any atom is -0.408 e. The highest BCUT2D eigenvalue weighted by molar-refractivity contribution is 7.32. The summed E-state index contributed by atoms with van der Waals surface area (Å²) >= 11 is 0. The van der Waals surface area contributed by atoms with Gasteiger partial charge in [0.25, 0.3) is 5.91 Å². The van der Waals surface area contributed by atoms with Crippen molar-refractivity contribution in [2.75, 3.05) is 5.32 Å². The molecule has 1 saturated heterocycles. The van der Waals surface area contributed by atoms with Crippen molar-refractivity contribution in [3.63, 3.8) is 0 Å². The number of nitrogens with one attached hydrogen (secondary N) is 1. The fourth-order valence-corrected chi connectivity index (χ4v) is 5.90. The molecule has 1 amide bonds. The normalized spacial score (nSPS) is 23.3. The van der Waals surface area contributed by atoms with E-state index in [-0.39, 0.29) is 16.9 Å². The molecular formula is C24H34N5O6PSi. The van der Waals surface area contributed by atoms with Crippen LogP contribution in [0.25, 0.3) is 5.65 Å². The Morgan fingerprint density at radius 3 is 2.54 bits per heavy atom.